The van der Waals surface area contributed by atoms with E-state index in [1.165, 1.54) is 0 Å². The van der Waals surface area contributed by atoms with Crippen LogP contribution in [0.2, 0.25) is 0 Å². The Labute approximate surface area is 120 Å². The molecule has 0 aliphatic carbocycles. The minimum atomic E-state index is 0.163. The smallest absolute Gasteiger partial charge is 0.227 e. The van der Waals surface area contributed by atoms with Crippen molar-refractivity contribution in [3.63, 3.8) is 0 Å². The average Bonchev–Trinajstić information content (AvgIpc) is 2.88. The highest BCUT2D eigenvalue weighted by Crippen LogP contribution is 2.14. The highest BCUT2D eigenvalue weighted by atomic mass is 79.9. The third-order valence-electron chi connectivity index (χ3n) is 3.37. The Hall–Kier alpha value is -1.62. The van der Waals surface area contributed by atoms with E-state index in [9.17, 15) is 4.79 Å². The Balaban J connectivity index is 1.67. The molecule has 5 heteroatoms. The molecule has 0 atom stereocenters. The molecule has 1 aromatic heterocycles. The van der Waals surface area contributed by atoms with Crippen molar-refractivity contribution < 1.29 is 4.79 Å². The van der Waals surface area contributed by atoms with Gasteiger partial charge in [0, 0.05) is 30.0 Å². The molecule has 4 nitrogen and oxygen atoms in total. The highest BCUT2D eigenvalue weighted by Gasteiger charge is 2.20. The molecule has 0 saturated carbocycles. The summed E-state index contributed by atoms with van der Waals surface area (Å²) in [7, 11) is 0. The molecule has 2 aromatic rings. The van der Waals surface area contributed by atoms with Gasteiger partial charge in [-0.3, -0.25) is 4.79 Å². The van der Waals surface area contributed by atoms with Crippen LogP contribution in [0.25, 0.3) is 0 Å². The number of imidazole rings is 1. The number of nitrogens with zero attached hydrogens (tertiary/aromatic N) is 3. The van der Waals surface area contributed by atoms with Crippen molar-refractivity contribution in [2.45, 2.75) is 19.5 Å². The molecule has 0 spiro atoms. The number of carbonyl (C=O) groups is 1. The van der Waals surface area contributed by atoms with E-state index >= 15 is 0 Å². The average molecular weight is 320 g/mol. The minimum absolute atomic E-state index is 0.163. The molecule has 0 N–H and O–H groups in total. The van der Waals surface area contributed by atoms with Gasteiger partial charge in [-0.1, -0.05) is 28.1 Å². The largest absolute Gasteiger partial charge is 0.333 e. The van der Waals surface area contributed by atoms with Gasteiger partial charge in [0.05, 0.1) is 13.0 Å². The highest BCUT2D eigenvalue weighted by molar-refractivity contribution is 9.10. The van der Waals surface area contributed by atoms with E-state index in [-0.39, 0.29) is 5.91 Å². The molecule has 0 saturated heterocycles. The number of hydrogen-bond donors (Lipinski definition) is 0. The van der Waals surface area contributed by atoms with Gasteiger partial charge in [-0.15, -0.1) is 0 Å². The first-order chi connectivity index (χ1) is 9.22. The topological polar surface area (TPSA) is 38.1 Å². The Morgan fingerprint density at radius 2 is 2.05 bits per heavy atom. The summed E-state index contributed by atoms with van der Waals surface area (Å²) in [6, 6.07) is 7.89. The van der Waals surface area contributed by atoms with Gasteiger partial charge in [-0.2, -0.15) is 0 Å². The van der Waals surface area contributed by atoms with E-state index in [0.717, 1.165) is 29.0 Å². The SMILES string of the molecule is O=C(Cc1ccc(Br)cc1)N1CCn2ccnc2C1. The van der Waals surface area contributed by atoms with Gasteiger partial charge in [0.25, 0.3) is 0 Å². The summed E-state index contributed by atoms with van der Waals surface area (Å²) in [4.78, 5) is 18.4. The van der Waals surface area contributed by atoms with Gasteiger partial charge in [0.2, 0.25) is 5.91 Å². The lowest BCUT2D eigenvalue weighted by molar-refractivity contribution is -0.132. The molecule has 2 heterocycles. The van der Waals surface area contributed by atoms with Crippen LogP contribution in [0, 0.1) is 0 Å². The lowest BCUT2D eigenvalue weighted by atomic mass is 10.1. The number of halogens is 1. The number of rotatable bonds is 2. The van der Waals surface area contributed by atoms with E-state index in [4.69, 9.17) is 0 Å². The van der Waals surface area contributed by atoms with Gasteiger partial charge in [0.1, 0.15) is 5.82 Å². The van der Waals surface area contributed by atoms with Gasteiger partial charge in [-0.05, 0) is 17.7 Å². The fourth-order valence-corrected chi connectivity index (χ4v) is 2.54. The summed E-state index contributed by atoms with van der Waals surface area (Å²) >= 11 is 3.40. The van der Waals surface area contributed by atoms with Crippen molar-refractivity contribution >= 4 is 21.8 Å². The van der Waals surface area contributed by atoms with Crippen LogP contribution in [0.4, 0.5) is 0 Å². The first-order valence-corrected chi connectivity index (χ1v) is 7.04. The summed E-state index contributed by atoms with van der Waals surface area (Å²) in [5.41, 5.74) is 1.04. The predicted molar refractivity (Wildman–Crippen MR) is 75.5 cm³/mol. The first-order valence-electron chi connectivity index (χ1n) is 6.24. The fourth-order valence-electron chi connectivity index (χ4n) is 2.28. The molecule has 1 aliphatic rings. The second-order valence-corrected chi connectivity index (χ2v) is 5.57. The van der Waals surface area contributed by atoms with Crippen molar-refractivity contribution in [3.05, 3.63) is 52.5 Å². The third-order valence-corrected chi connectivity index (χ3v) is 3.89. The van der Waals surface area contributed by atoms with Gasteiger partial charge in [-0.25, -0.2) is 4.98 Å². The van der Waals surface area contributed by atoms with Gasteiger partial charge >= 0.3 is 0 Å². The molecule has 98 valence electrons. The van der Waals surface area contributed by atoms with E-state index in [0.29, 0.717) is 13.0 Å². The Kier molecular flexibility index (Phi) is 3.38. The minimum Gasteiger partial charge on any atom is -0.333 e. The lowest BCUT2D eigenvalue weighted by Crippen LogP contribution is -2.39. The molecule has 3 rings (SSSR count). The molecule has 1 aromatic carbocycles. The van der Waals surface area contributed by atoms with Crippen LogP contribution in [0.15, 0.2) is 41.1 Å². The van der Waals surface area contributed by atoms with Crippen molar-refractivity contribution in [3.8, 4) is 0 Å². The standard InChI is InChI=1S/C14H14BrN3O/c15-12-3-1-11(2-4-12)9-14(19)18-8-7-17-6-5-16-13(17)10-18/h1-6H,7-10H2. The molecule has 19 heavy (non-hydrogen) atoms. The van der Waals surface area contributed by atoms with Crippen LogP contribution in [-0.4, -0.2) is 26.9 Å². The molecular formula is C14H14BrN3O. The van der Waals surface area contributed by atoms with Gasteiger partial charge < -0.3 is 9.47 Å². The number of fused-ring (bicyclic) bond motifs is 1. The van der Waals surface area contributed by atoms with E-state index in [2.05, 4.69) is 25.5 Å². The van der Waals surface area contributed by atoms with Crippen molar-refractivity contribution in [2.24, 2.45) is 0 Å². The Morgan fingerprint density at radius 3 is 2.84 bits per heavy atom. The van der Waals surface area contributed by atoms with E-state index in [1.54, 1.807) is 6.20 Å². The lowest BCUT2D eigenvalue weighted by Gasteiger charge is -2.27. The van der Waals surface area contributed by atoms with Crippen LogP contribution < -0.4 is 0 Å². The monoisotopic (exact) mass is 319 g/mol. The van der Waals surface area contributed by atoms with Crippen LogP contribution in [0.3, 0.4) is 0 Å². The number of aromatic nitrogens is 2. The van der Waals surface area contributed by atoms with E-state index in [1.807, 2.05) is 35.4 Å². The number of benzene rings is 1. The van der Waals surface area contributed by atoms with Crippen LogP contribution in [0.1, 0.15) is 11.4 Å². The quantitative estimate of drug-likeness (QED) is 0.851. The maximum absolute atomic E-state index is 12.3. The third kappa shape index (κ3) is 2.71. The van der Waals surface area contributed by atoms with Crippen LogP contribution in [0.5, 0.6) is 0 Å². The molecule has 0 radical (unpaired) electrons. The predicted octanol–water partition coefficient (Wildman–Crippen LogP) is 2.23. The Morgan fingerprint density at radius 1 is 1.26 bits per heavy atom. The maximum atomic E-state index is 12.3. The number of amides is 1. The van der Waals surface area contributed by atoms with Crippen molar-refractivity contribution in [1.29, 1.82) is 0 Å². The number of hydrogen-bond acceptors (Lipinski definition) is 2. The second-order valence-electron chi connectivity index (χ2n) is 4.66. The molecule has 1 aliphatic heterocycles. The van der Waals surface area contributed by atoms with Crippen LogP contribution in [-0.2, 0) is 24.3 Å². The molecule has 0 fully saturated rings. The maximum Gasteiger partial charge on any atom is 0.227 e. The second kappa shape index (κ2) is 5.17. The van der Waals surface area contributed by atoms with Gasteiger partial charge in [0.15, 0.2) is 0 Å². The van der Waals surface area contributed by atoms with Crippen LogP contribution >= 0.6 is 15.9 Å². The summed E-state index contributed by atoms with van der Waals surface area (Å²) < 4.78 is 3.13. The molecule has 1 amide bonds. The summed E-state index contributed by atoms with van der Waals surface area (Å²) in [5, 5.41) is 0. The zero-order valence-electron chi connectivity index (χ0n) is 10.4. The Bertz CT molecular complexity index is 591. The fraction of sp³-hybridized carbons (Fsp3) is 0.286. The molecule has 0 bridgehead atoms. The molecular weight excluding hydrogens is 306 g/mol. The van der Waals surface area contributed by atoms with Crippen molar-refractivity contribution in [1.82, 2.24) is 14.5 Å². The zero-order chi connectivity index (χ0) is 13.2. The number of carbonyl (C=O) groups excluding carboxylic acids is 1. The molecule has 0 unspecified atom stereocenters. The van der Waals surface area contributed by atoms with Crippen molar-refractivity contribution in [2.75, 3.05) is 6.54 Å². The normalized spacial score (nSPS) is 14.3. The summed E-state index contributed by atoms with van der Waals surface area (Å²) in [6.07, 6.45) is 4.21. The zero-order valence-corrected chi connectivity index (χ0v) is 12.0. The summed E-state index contributed by atoms with van der Waals surface area (Å²) in [5.74, 6) is 1.13. The summed E-state index contributed by atoms with van der Waals surface area (Å²) in [6.45, 7) is 2.21. The first kappa shape index (κ1) is 12.4. The van der Waals surface area contributed by atoms with E-state index < -0.39 is 0 Å².